The highest BCUT2D eigenvalue weighted by Crippen LogP contribution is 2.03. The Kier molecular flexibility index (Phi) is 10.7. The molecule has 3 N–H and O–H groups in total. The fourth-order valence-electron chi connectivity index (χ4n) is 2.22. The predicted octanol–water partition coefficient (Wildman–Crippen LogP) is 1.81. The Morgan fingerprint density at radius 2 is 1.58 bits per heavy atom. The molecule has 0 atom stereocenters. The van der Waals surface area contributed by atoms with Crippen molar-refractivity contribution in [2.45, 2.75) is 45.1 Å². The van der Waals surface area contributed by atoms with E-state index in [2.05, 4.69) is 51.2 Å². The van der Waals surface area contributed by atoms with E-state index in [1.165, 1.54) is 50.6 Å². The maximum atomic E-state index is 3.41. The van der Waals surface area contributed by atoms with Gasteiger partial charge in [-0.2, -0.15) is 0 Å². The van der Waals surface area contributed by atoms with Gasteiger partial charge in [-0.25, -0.2) is 0 Å². The minimum atomic E-state index is 0.914. The average molecular weight is 276 g/mol. The number of benzene rings is 1. The molecule has 0 aromatic heterocycles. The lowest BCUT2D eigenvalue weighted by Gasteiger charge is -2.03. The van der Waals surface area contributed by atoms with E-state index in [0.29, 0.717) is 0 Å². The highest BCUT2D eigenvalue weighted by atomic mass is 28.1. The van der Waals surface area contributed by atoms with Crippen LogP contribution in [0.2, 0.25) is 0 Å². The van der Waals surface area contributed by atoms with Gasteiger partial charge in [0.1, 0.15) is 6.54 Å². The molecule has 0 aliphatic heterocycles. The van der Waals surface area contributed by atoms with Crippen molar-refractivity contribution in [3.63, 3.8) is 0 Å². The molecule has 105 valence electrons. The van der Waals surface area contributed by atoms with Crippen molar-refractivity contribution >= 4 is 10.2 Å². The number of hydrogen-bond donors (Lipinski definition) is 2. The molecule has 3 radical (unpaired) electrons. The summed E-state index contributed by atoms with van der Waals surface area (Å²) in [5, 5.41) is 5.72. The number of unbranched alkanes of at least 4 members (excludes halogenated alkanes) is 5. The largest absolute Gasteiger partial charge is 0.343 e. The van der Waals surface area contributed by atoms with Gasteiger partial charge in [0.05, 0.1) is 6.54 Å². The zero-order valence-corrected chi connectivity index (χ0v) is 13.0. The van der Waals surface area contributed by atoms with Crippen molar-refractivity contribution in [2.24, 2.45) is 0 Å². The summed E-state index contributed by atoms with van der Waals surface area (Å²) in [4.78, 5) is 0. The lowest BCUT2D eigenvalue weighted by atomic mass is 10.1. The summed E-state index contributed by atoms with van der Waals surface area (Å²) < 4.78 is 0. The fraction of sp³-hybridized carbons (Fsp3) is 0.625. The smallest absolute Gasteiger partial charge is 0.101 e. The first-order chi connectivity index (χ1) is 9.43. The van der Waals surface area contributed by atoms with Crippen LogP contribution in [0, 0.1) is 0 Å². The SMILES string of the molecule is [Si]CNCCCCCCCC[NH2+]Cc1ccccc1. The maximum absolute atomic E-state index is 3.41. The molecule has 0 amide bonds. The van der Waals surface area contributed by atoms with E-state index < -0.39 is 0 Å². The van der Waals surface area contributed by atoms with E-state index >= 15 is 0 Å². The van der Waals surface area contributed by atoms with Gasteiger partial charge in [0.25, 0.3) is 0 Å². The van der Waals surface area contributed by atoms with E-state index in [1.807, 2.05) is 0 Å². The molecule has 0 saturated heterocycles. The molecule has 0 saturated carbocycles. The Labute approximate surface area is 121 Å². The van der Waals surface area contributed by atoms with Crippen molar-refractivity contribution in [1.29, 1.82) is 0 Å². The van der Waals surface area contributed by atoms with Crippen LogP contribution in [0.3, 0.4) is 0 Å². The van der Waals surface area contributed by atoms with E-state index in [9.17, 15) is 0 Å². The standard InChI is InChI=1S/C16H27N2Si/c19-15-18-13-9-4-2-1-3-8-12-17-14-16-10-6-5-7-11-16/h5-7,10-11,17-18H,1-4,8-9,12-15H2/p+1. The van der Waals surface area contributed by atoms with Gasteiger partial charge in [-0.15, -0.1) is 0 Å². The molecular weight excluding hydrogens is 248 g/mol. The zero-order chi connectivity index (χ0) is 13.6. The van der Waals surface area contributed by atoms with E-state index in [1.54, 1.807) is 0 Å². The summed E-state index contributed by atoms with van der Waals surface area (Å²) >= 11 is 0. The van der Waals surface area contributed by atoms with Crippen LogP contribution < -0.4 is 10.6 Å². The predicted molar refractivity (Wildman–Crippen MR) is 83.3 cm³/mol. The molecule has 19 heavy (non-hydrogen) atoms. The van der Waals surface area contributed by atoms with E-state index in [-0.39, 0.29) is 0 Å². The Morgan fingerprint density at radius 1 is 0.895 bits per heavy atom. The van der Waals surface area contributed by atoms with Gasteiger partial charge < -0.3 is 10.6 Å². The molecule has 0 heterocycles. The van der Waals surface area contributed by atoms with Crippen LogP contribution >= 0.6 is 0 Å². The molecule has 0 bridgehead atoms. The Balaban J connectivity index is 1.79. The van der Waals surface area contributed by atoms with Crippen LogP contribution in [0.15, 0.2) is 30.3 Å². The second-order valence-corrected chi connectivity index (χ2v) is 5.42. The number of nitrogens with one attached hydrogen (secondary N) is 1. The summed E-state index contributed by atoms with van der Waals surface area (Å²) in [7, 11) is 3.41. The number of nitrogens with two attached hydrogens (primary N) is 1. The van der Waals surface area contributed by atoms with Crippen LogP contribution in [0.4, 0.5) is 0 Å². The van der Waals surface area contributed by atoms with Crippen LogP contribution in [-0.4, -0.2) is 29.5 Å². The normalized spacial score (nSPS) is 10.8. The van der Waals surface area contributed by atoms with Gasteiger partial charge >= 0.3 is 0 Å². The number of hydrogen-bond acceptors (Lipinski definition) is 1. The van der Waals surface area contributed by atoms with Gasteiger partial charge in [0, 0.05) is 15.8 Å². The zero-order valence-electron chi connectivity index (χ0n) is 12.0. The number of rotatable bonds is 12. The Hall–Kier alpha value is -0.643. The van der Waals surface area contributed by atoms with Crippen molar-refractivity contribution in [2.75, 3.05) is 19.3 Å². The minimum absolute atomic E-state index is 0.914. The summed E-state index contributed by atoms with van der Waals surface area (Å²) in [5.74, 6) is 0. The first-order valence-corrected chi connectivity index (χ1v) is 8.35. The van der Waals surface area contributed by atoms with Gasteiger partial charge in [-0.3, -0.25) is 0 Å². The van der Waals surface area contributed by atoms with E-state index in [4.69, 9.17) is 0 Å². The molecule has 2 nitrogen and oxygen atoms in total. The van der Waals surface area contributed by atoms with Crippen molar-refractivity contribution in [3.8, 4) is 0 Å². The van der Waals surface area contributed by atoms with Gasteiger partial charge in [-0.05, 0) is 32.0 Å². The molecule has 0 aliphatic rings. The second-order valence-electron chi connectivity index (χ2n) is 5.07. The summed E-state index contributed by atoms with van der Waals surface area (Å²) in [5.41, 5.74) is 1.43. The van der Waals surface area contributed by atoms with Crippen molar-refractivity contribution in [3.05, 3.63) is 35.9 Å². The molecule has 0 aliphatic carbocycles. The maximum Gasteiger partial charge on any atom is 0.101 e. The molecule has 0 unspecified atom stereocenters. The Bertz CT molecular complexity index is 290. The molecule has 1 aromatic carbocycles. The van der Waals surface area contributed by atoms with Gasteiger partial charge in [0.2, 0.25) is 0 Å². The molecular formula is C16H28N2Si+. The monoisotopic (exact) mass is 276 g/mol. The first kappa shape index (κ1) is 16.4. The van der Waals surface area contributed by atoms with Crippen molar-refractivity contribution in [1.82, 2.24) is 5.32 Å². The third-order valence-electron chi connectivity index (χ3n) is 3.36. The number of quaternary nitrogens is 1. The third kappa shape index (κ3) is 9.88. The molecule has 0 fully saturated rings. The van der Waals surface area contributed by atoms with Crippen LogP contribution in [0.5, 0.6) is 0 Å². The second kappa shape index (κ2) is 12.4. The molecule has 1 rings (SSSR count). The topological polar surface area (TPSA) is 28.6 Å². The van der Waals surface area contributed by atoms with Crippen LogP contribution in [0.25, 0.3) is 0 Å². The quantitative estimate of drug-likeness (QED) is 0.442. The van der Waals surface area contributed by atoms with Crippen molar-refractivity contribution < 1.29 is 5.32 Å². The highest BCUT2D eigenvalue weighted by molar-refractivity contribution is 6.08. The summed E-state index contributed by atoms with van der Waals surface area (Å²) in [6.45, 7) is 3.53. The van der Waals surface area contributed by atoms with Crippen LogP contribution in [0.1, 0.15) is 44.1 Å². The fourth-order valence-corrected chi connectivity index (χ4v) is 2.39. The first-order valence-electron chi connectivity index (χ1n) is 7.64. The lowest BCUT2D eigenvalue weighted by Crippen LogP contribution is -2.82. The Morgan fingerprint density at radius 3 is 2.32 bits per heavy atom. The van der Waals surface area contributed by atoms with Gasteiger partial charge in [-0.1, -0.05) is 49.6 Å². The highest BCUT2D eigenvalue weighted by Gasteiger charge is 1.95. The van der Waals surface area contributed by atoms with Gasteiger partial charge in [0.15, 0.2) is 0 Å². The summed E-state index contributed by atoms with van der Waals surface area (Å²) in [6, 6.07) is 10.7. The molecule has 0 spiro atoms. The average Bonchev–Trinajstić information content (AvgIpc) is 2.46. The van der Waals surface area contributed by atoms with Crippen LogP contribution in [-0.2, 0) is 6.54 Å². The lowest BCUT2D eigenvalue weighted by molar-refractivity contribution is -0.671. The third-order valence-corrected chi connectivity index (χ3v) is 3.61. The molecule has 3 heteroatoms. The minimum Gasteiger partial charge on any atom is -0.343 e. The summed E-state index contributed by atoms with van der Waals surface area (Å²) in [6.07, 6.45) is 9.12. The molecule has 1 aromatic rings. The van der Waals surface area contributed by atoms with E-state index in [0.717, 1.165) is 19.3 Å².